The van der Waals surface area contributed by atoms with Gasteiger partial charge in [-0.15, -0.1) is 0 Å². The van der Waals surface area contributed by atoms with Gasteiger partial charge in [0.05, 0.1) is 18.2 Å². The van der Waals surface area contributed by atoms with Crippen molar-refractivity contribution in [3.05, 3.63) is 66.0 Å². The highest BCUT2D eigenvalue weighted by atomic mass is 16.1. The third-order valence-electron chi connectivity index (χ3n) is 3.71. The number of carbonyl (C=O) groups excluding carboxylic acids is 1. The normalized spacial score (nSPS) is 10.2. The second-order valence-corrected chi connectivity index (χ2v) is 5.56. The summed E-state index contributed by atoms with van der Waals surface area (Å²) in [6.07, 6.45) is 0.302. The van der Waals surface area contributed by atoms with Crippen LogP contribution in [0.3, 0.4) is 0 Å². The van der Waals surface area contributed by atoms with Crippen molar-refractivity contribution < 1.29 is 4.79 Å². The molecule has 0 aliphatic rings. The third kappa shape index (κ3) is 4.09. The van der Waals surface area contributed by atoms with Gasteiger partial charge in [-0.05, 0) is 31.2 Å². The number of hydrogen-bond donors (Lipinski definition) is 1. The molecule has 124 valence electrons. The van der Waals surface area contributed by atoms with E-state index in [9.17, 15) is 4.79 Å². The predicted octanol–water partition coefficient (Wildman–Crippen LogP) is 3.15. The summed E-state index contributed by atoms with van der Waals surface area (Å²) >= 11 is 0. The molecule has 1 heterocycles. The second-order valence-electron chi connectivity index (χ2n) is 5.56. The number of aromatic nitrogens is 3. The standard InChI is InChI=1S/C19H17N5O/c1-14-21-19(16-7-5-6-15(12-16)13-20)23-24(14)11-10-18(25)22-17-8-3-2-4-9-17/h2-9,12H,10-11H2,1H3,(H,22,25). The monoisotopic (exact) mass is 331 g/mol. The molecule has 2 aromatic carbocycles. The van der Waals surface area contributed by atoms with E-state index < -0.39 is 0 Å². The molecule has 0 unspecified atom stereocenters. The van der Waals surface area contributed by atoms with Crippen molar-refractivity contribution in [2.45, 2.75) is 19.9 Å². The van der Waals surface area contributed by atoms with Gasteiger partial charge in [-0.25, -0.2) is 9.67 Å². The minimum absolute atomic E-state index is 0.0749. The Morgan fingerprint density at radius 2 is 2.00 bits per heavy atom. The van der Waals surface area contributed by atoms with Gasteiger partial charge in [-0.1, -0.05) is 30.3 Å². The lowest BCUT2D eigenvalue weighted by atomic mass is 10.1. The van der Waals surface area contributed by atoms with Gasteiger partial charge in [-0.3, -0.25) is 4.79 Å². The quantitative estimate of drug-likeness (QED) is 0.778. The van der Waals surface area contributed by atoms with Gasteiger partial charge in [0.15, 0.2) is 5.82 Å². The van der Waals surface area contributed by atoms with Gasteiger partial charge in [-0.2, -0.15) is 10.4 Å². The number of rotatable bonds is 5. The van der Waals surface area contributed by atoms with E-state index in [1.807, 2.05) is 43.3 Å². The van der Waals surface area contributed by atoms with E-state index in [1.165, 1.54) is 0 Å². The van der Waals surface area contributed by atoms with Gasteiger partial charge in [0, 0.05) is 17.7 Å². The Labute approximate surface area is 145 Å². The lowest BCUT2D eigenvalue weighted by Crippen LogP contribution is -2.15. The maximum absolute atomic E-state index is 12.0. The fraction of sp³-hybridized carbons (Fsp3) is 0.158. The number of aryl methyl sites for hydroxylation is 2. The van der Waals surface area contributed by atoms with Crippen LogP contribution in [0, 0.1) is 18.3 Å². The zero-order valence-corrected chi connectivity index (χ0v) is 13.8. The van der Waals surface area contributed by atoms with Crippen molar-refractivity contribution in [2.75, 3.05) is 5.32 Å². The Morgan fingerprint density at radius 3 is 2.76 bits per heavy atom. The summed E-state index contributed by atoms with van der Waals surface area (Å²) in [7, 11) is 0. The molecular formula is C19H17N5O. The first kappa shape index (κ1) is 16.4. The average molecular weight is 331 g/mol. The summed E-state index contributed by atoms with van der Waals surface area (Å²) < 4.78 is 1.71. The van der Waals surface area contributed by atoms with E-state index >= 15 is 0 Å². The smallest absolute Gasteiger partial charge is 0.226 e. The molecule has 0 bridgehead atoms. The molecule has 0 aliphatic heterocycles. The number of carbonyl (C=O) groups is 1. The molecule has 6 nitrogen and oxygen atoms in total. The third-order valence-corrected chi connectivity index (χ3v) is 3.71. The molecule has 1 amide bonds. The first-order chi connectivity index (χ1) is 12.2. The number of nitrogens with zero attached hydrogens (tertiary/aromatic N) is 4. The number of nitriles is 1. The Bertz CT molecular complexity index is 924. The van der Waals surface area contributed by atoms with Gasteiger partial charge in [0.2, 0.25) is 5.91 Å². The molecule has 0 atom stereocenters. The Morgan fingerprint density at radius 1 is 1.20 bits per heavy atom. The molecule has 0 spiro atoms. The summed E-state index contributed by atoms with van der Waals surface area (Å²) in [5.74, 6) is 1.21. The molecule has 1 aromatic heterocycles. The maximum atomic E-state index is 12.0. The number of para-hydroxylation sites is 1. The highest BCUT2D eigenvalue weighted by molar-refractivity contribution is 5.90. The van der Waals surface area contributed by atoms with Crippen molar-refractivity contribution >= 4 is 11.6 Å². The number of anilines is 1. The molecule has 3 aromatic rings. The molecule has 3 rings (SSSR count). The molecule has 6 heteroatoms. The zero-order valence-electron chi connectivity index (χ0n) is 13.8. The largest absolute Gasteiger partial charge is 0.326 e. The minimum Gasteiger partial charge on any atom is -0.326 e. The van der Waals surface area contributed by atoms with Crippen LogP contribution in [0.4, 0.5) is 5.69 Å². The molecule has 1 N–H and O–H groups in total. The van der Waals surface area contributed by atoms with E-state index in [-0.39, 0.29) is 5.91 Å². The SMILES string of the molecule is Cc1nc(-c2cccc(C#N)c2)nn1CCC(=O)Nc1ccccc1. The summed E-state index contributed by atoms with van der Waals surface area (Å²) in [6.45, 7) is 2.29. The van der Waals surface area contributed by atoms with Crippen molar-refractivity contribution in [3.8, 4) is 17.5 Å². The van der Waals surface area contributed by atoms with Gasteiger partial charge >= 0.3 is 0 Å². The highest BCUT2D eigenvalue weighted by Crippen LogP contribution is 2.17. The van der Waals surface area contributed by atoms with Crippen LogP contribution in [0.15, 0.2) is 54.6 Å². The van der Waals surface area contributed by atoms with Crippen LogP contribution in [0.25, 0.3) is 11.4 Å². The van der Waals surface area contributed by atoms with Crippen molar-refractivity contribution in [3.63, 3.8) is 0 Å². The van der Waals surface area contributed by atoms with E-state index in [1.54, 1.807) is 22.9 Å². The first-order valence-corrected chi connectivity index (χ1v) is 7.92. The van der Waals surface area contributed by atoms with Crippen LogP contribution >= 0.6 is 0 Å². The minimum atomic E-state index is -0.0749. The average Bonchev–Trinajstić information content (AvgIpc) is 3.02. The summed E-state index contributed by atoms with van der Waals surface area (Å²) in [5.41, 5.74) is 2.13. The van der Waals surface area contributed by atoms with Gasteiger partial charge in [0.25, 0.3) is 0 Å². The lowest BCUT2D eigenvalue weighted by Gasteiger charge is -2.05. The van der Waals surface area contributed by atoms with E-state index in [0.717, 1.165) is 17.1 Å². The van der Waals surface area contributed by atoms with E-state index in [2.05, 4.69) is 21.5 Å². The molecular weight excluding hydrogens is 314 g/mol. The van der Waals surface area contributed by atoms with Crippen LogP contribution in [0.1, 0.15) is 17.8 Å². The number of hydrogen-bond acceptors (Lipinski definition) is 4. The Hall–Kier alpha value is -3.46. The number of nitrogens with one attached hydrogen (secondary N) is 1. The van der Waals surface area contributed by atoms with Crippen LogP contribution in [-0.4, -0.2) is 20.7 Å². The van der Waals surface area contributed by atoms with E-state index in [4.69, 9.17) is 5.26 Å². The second kappa shape index (κ2) is 7.41. The highest BCUT2D eigenvalue weighted by Gasteiger charge is 2.10. The van der Waals surface area contributed by atoms with Crippen molar-refractivity contribution in [1.82, 2.24) is 14.8 Å². The molecule has 0 saturated heterocycles. The fourth-order valence-electron chi connectivity index (χ4n) is 2.43. The topological polar surface area (TPSA) is 83.6 Å². The fourth-order valence-corrected chi connectivity index (χ4v) is 2.43. The lowest BCUT2D eigenvalue weighted by molar-refractivity contribution is -0.116. The molecule has 25 heavy (non-hydrogen) atoms. The maximum Gasteiger partial charge on any atom is 0.226 e. The predicted molar refractivity (Wildman–Crippen MR) is 94.6 cm³/mol. The van der Waals surface area contributed by atoms with Crippen LogP contribution < -0.4 is 5.32 Å². The van der Waals surface area contributed by atoms with Crippen molar-refractivity contribution in [1.29, 1.82) is 5.26 Å². The van der Waals surface area contributed by atoms with Gasteiger partial charge in [0.1, 0.15) is 5.82 Å². The van der Waals surface area contributed by atoms with Crippen LogP contribution in [0.5, 0.6) is 0 Å². The Balaban J connectivity index is 1.66. The summed E-state index contributed by atoms with van der Waals surface area (Å²) in [4.78, 5) is 16.5. The molecule has 0 aliphatic carbocycles. The Kier molecular flexibility index (Phi) is 4.86. The molecule has 0 saturated carbocycles. The van der Waals surface area contributed by atoms with Crippen LogP contribution in [0.2, 0.25) is 0 Å². The first-order valence-electron chi connectivity index (χ1n) is 7.92. The summed E-state index contributed by atoms with van der Waals surface area (Å²) in [6, 6.07) is 18.6. The van der Waals surface area contributed by atoms with Crippen molar-refractivity contribution in [2.24, 2.45) is 0 Å². The van der Waals surface area contributed by atoms with Gasteiger partial charge < -0.3 is 5.32 Å². The molecule has 0 fully saturated rings. The zero-order chi connectivity index (χ0) is 17.6. The van der Waals surface area contributed by atoms with Crippen LogP contribution in [-0.2, 0) is 11.3 Å². The van der Waals surface area contributed by atoms with E-state index in [0.29, 0.717) is 24.4 Å². The number of benzene rings is 2. The number of amides is 1. The summed E-state index contributed by atoms with van der Waals surface area (Å²) in [5, 5.41) is 16.3. The molecule has 0 radical (unpaired) electrons.